The van der Waals surface area contributed by atoms with Crippen LogP contribution >= 0.6 is 23.2 Å². The molecule has 0 unspecified atom stereocenters. The van der Waals surface area contributed by atoms with Gasteiger partial charge in [0, 0.05) is 17.7 Å². The molecule has 7 heteroatoms. The maximum atomic E-state index is 13.1. The van der Waals surface area contributed by atoms with Crippen LogP contribution < -0.4 is 0 Å². The molecular formula is C19H21Cl2NO4. The summed E-state index contributed by atoms with van der Waals surface area (Å²) in [5.74, 6) is -0.332. The average molecular weight is 398 g/mol. The van der Waals surface area contributed by atoms with Gasteiger partial charge in [-0.15, -0.1) is 0 Å². The Kier molecular flexibility index (Phi) is 4.84. The molecule has 0 N–H and O–H groups in total. The summed E-state index contributed by atoms with van der Waals surface area (Å²) in [6.45, 7) is 5.57. The van der Waals surface area contributed by atoms with Gasteiger partial charge < -0.3 is 14.4 Å². The minimum Gasteiger partial charge on any atom is -0.427 e. The number of nitrogens with zero attached hydrogens (tertiary/aromatic N) is 1. The summed E-state index contributed by atoms with van der Waals surface area (Å²) in [5, 5.41) is 0.781. The zero-order chi connectivity index (χ0) is 19.3. The first kappa shape index (κ1) is 19.2. The van der Waals surface area contributed by atoms with Crippen LogP contribution in [0.2, 0.25) is 10.0 Å². The molecule has 0 radical (unpaired) electrons. The molecule has 1 aromatic rings. The van der Waals surface area contributed by atoms with Crippen molar-refractivity contribution in [2.24, 2.45) is 5.41 Å². The van der Waals surface area contributed by atoms with Gasteiger partial charge in [-0.1, -0.05) is 29.3 Å². The molecule has 1 amide bonds. The van der Waals surface area contributed by atoms with Crippen molar-refractivity contribution in [2.75, 3.05) is 13.8 Å². The van der Waals surface area contributed by atoms with Crippen molar-refractivity contribution < 1.29 is 19.1 Å². The lowest BCUT2D eigenvalue weighted by atomic mass is 9.98. The number of hydrogen-bond donors (Lipinski definition) is 0. The highest BCUT2D eigenvalue weighted by Crippen LogP contribution is 2.49. The van der Waals surface area contributed by atoms with Crippen molar-refractivity contribution in [2.45, 2.75) is 39.2 Å². The Morgan fingerprint density at radius 3 is 2.42 bits per heavy atom. The van der Waals surface area contributed by atoms with E-state index in [1.807, 2.05) is 20.8 Å². The summed E-state index contributed by atoms with van der Waals surface area (Å²) < 4.78 is 11.0. The van der Waals surface area contributed by atoms with Gasteiger partial charge in [0.15, 0.2) is 0 Å². The van der Waals surface area contributed by atoms with Crippen LogP contribution in [-0.4, -0.2) is 36.2 Å². The fraction of sp³-hybridized carbons (Fsp3) is 0.474. The van der Waals surface area contributed by atoms with Crippen molar-refractivity contribution in [3.05, 3.63) is 39.6 Å². The normalized spacial score (nSPS) is 20.5. The Bertz CT molecular complexity index is 812. The topological polar surface area (TPSA) is 55.8 Å². The third kappa shape index (κ3) is 3.13. The van der Waals surface area contributed by atoms with Crippen LogP contribution in [0.4, 0.5) is 0 Å². The van der Waals surface area contributed by atoms with Gasteiger partial charge in [0.2, 0.25) is 0 Å². The molecule has 1 aliphatic carbocycles. The molecule has 0 saturated heterocycles. The van der Waals surface area contributed by atoms with Gasteiger partial charge in [-0.25, -0.2) is 0 Å². The number of benzene rings is 1. The second-order valence-electron chi connectivity index (χ2n) is 7.49. The summed E-state index contributed by atoms with van der Waals surface area (Å²) in [7, 11) is 1.51. The van der Waals surface area contributed by atoms with E-state index >= 15 is 0 Å². The predicted molar refractivity (Wildman–Crippen MR) is 99.6 cm³/mol. The van der Waals surface area contributed by atoms with E-state index in [1.165, 1.54) is 12.0 Å². The van der Waals surface area contributed by atoms with Gasteiger partial charge in [0.05, 0.1) is 21.5 Å². The molecule has 0 spiro atoms. The fourth-order valence-corrected chi connectivity index (χ4v) is 3.48. The predicted octanol–water partition coefficient (Wildman–Crippen LogP) is 4.27. The molecule has 1 heterocycles. The van der Waals surface area contributed by atoms with Crippen LogP contribution in [0, 0.1) is 5.41 Å². The molecule has 26 heavy (non-hydrogen) atoms. The highest BCUT2D eigenvalue weighted by atomic mass is 35.5. The van der Waals surface area contributed by atoms with Gasteiger partial charge in [0.25, 0.3) is 5.91 Å². The largest absolute Gasteiger partial charge is 0.427 e. The molecule has 3 rings (SSSR count). The smallest absolute Gasteiger partial charge is 0.316 e. The van der Waals surface area contributed by atoms with Crippen LogP contribution in [-0.2, 0) is 19.1 Å². The molecule has 0 atom stereocenters. The second kappa shape index (κ2) is 6.55. The number of esters is 1. The number of methoxy groups -OCH3 is 1. The molecule has 1 aliphatic heterocycles. The van der Waals surface area contributed by atoms with E-state index in [-0.39, 0.29) is 24.2 Å². The third-order valence-electron chi connectivity index (χ3n) is 5.06. The van der Waals surface area contributed by atoms with E-state index < -0.39 is 11.0 Å². The summed E-state index contributed by atoms with van der Waals surface area (Å²) in [6, 6.07) is 4.87. The third-order valence-corrected chi connectivity index (χ3v) is 5.61. The summed E-state index contributed by atoms with van der Waals surface area (Å²) >= 11 is 12.3. The standard InChI is InChI=1S/C19H21Cl2NO4/c1-18(2)15(26-17(24)19(3)7-8-19)14(16(23)22(18)10-25-4)12-6-5-11(20)9-13(12)21/h5-6,9H,7-8,10H2,1-4H3. The lowest BCUT2D eigenvalue weighted by Crippen LogP contribution is -2.45. The lowest BCUT2D eigenvalue weighted by Gasteiger charge is -2.32. The molecule has 1 saturated carbocycles. The number of hydrogen-bond acceptors (Lipinski definition) is 4. The summed E-state index contributed by atoms with van der Waals surface area (Å²) in [5.41, 5.74) is -0.579. The highest BCUT2D eigenvalue weighted by molar-refractivity contribution is 6.38. The summed E-state index contributed by atoms with van der Waals surface area (Å²) in [4.78, 5) is 27.2. The van der Waals surface area contributed by atoms with E-state index in [0.717, 1.165) is 12.8 Å². The Morgan fingerprint density at radius 2 is 1.88 bits per heavy atom. The van der Waals surface area contributed by atoms with Crippen molar-refractivity contribution in [3.63, 3.8) is 0 Å². The molecular weight excluding hydrogens is 377 g/mol. The molecule has 1 aromatic carbocycles. The van der Waals surface area contributed by atoms with E-state index in [4.69, 9.17) is 32.7 Å². The van der Waals surface area contributed by atoms with Crippen LogP contribution in [0.5, 0.6) is 0 Å². The molecule has 0 bridgehead atoms. The van der Waals surface area contributed by atoms with Gasteiger partial charge >= 0.3 is 5.97 Å². The maximum absolute atomic E-state index is 13.1. The van der Waals surface area contributed by atoms with Crippen molar-refractivity contribution in [1.82, 2.24) is 4.90 Å². The quantitative estimate of drug-likeness (QED) is 0.695. The Hall–Kier alpha value is -1.56. The van der Waals surface area contributed by atoms with E-state index in [2.05, 4.69) is 0 Å². The number of amides is 1. The molecule has 140 valence electrons. The van der Waals surface area contributed by atoms with E-state index in [0.29, 0.717) is 21.4 Å². The molecule has 2 aliphatic rings. The van der Waals surface area contributed by atoms with Crippen LogP contribution in [0.15, 0.2) is 24.0 Å². The maximum Gasteiger partial charge on any atom is 0.316 e. The first-order valence-electron chi connectivity index (χ1n) is 8.35. The fourth-order valence-electron chi connectivity index (χ4n) is 2.98. The van der Waals surface area contributed by atoms with E-state index in [1.54, 1.807) is 18.2 Å². The average Bonchev–Trinajstić information content (AvgIpc) is 3.28. The van der Waals surface area contributed by atoms with Gasteiger partial charge in [0.1, 0.15) is 12.5 Å². The number of rotatable bonds is 5. The van der Waals surface area contributed by atoms with Crippen LogP contribution in [0.3, 0.4) is 0 Å². The van der Waals surface area contributed by atoms with E-state index in [9.17, 15) is 9.59 Å². The monoisotopic (exact) mass is 397 g/mol. The number of halogens is 2. The van der Waals surface area contributed by atoms with Crippen molar-refractivity contribution in [1.29, 1.82) is 0 Å². The Labute approximate surface area is 162 Å². The number of carbonyl (C=O) groups excluding carboxylic acids is 2. The molecule has 1 fully saturated rings. The zero-order valence-corrected chi connectivity index (χ0v) is 16.7. The number of ether oxygens (including phenoxy) is 2. The molecule has 0 aromatic heterocycles. The first-order chi connectivity index (χ1) is 12.1. The zero-order valence-electron chi connectivity index (χ0n) is 15.2. The van der Waals surface area contributed by atoms with Gasteiger partial charge in [-0.2, -0.15) is 0 Å². The SMILES string of the molecule is COCN1C(=O)C(c2ccc(Cl)cc2Cl)=C(OC(=O)C2(C)CC2)C1(C)C. The lowest BCUT2D eigenvalue weighted by molar-refractivity contribution is -0.148. The minimum absolute atomic E-state index is 0.0683. The van der Waals surface area contributed by atoms with Crippen LogP contribution in [0.1, 0.15) is 39.2 Å². The Balaban J connectivity index is 2.12. The second-order valence-corrected chi connectivity index (χ2v) is 8.33. The summed E-state index contributed by atoms with van der Waals surface area (Å²) in [6.07, 6.45) is 1.57. The van der Waals surface area contributed by atoms with Crippen LogP contribution in [0.25, 0.3) is 5.57 Å². The number of carbonyl (C=O) groups is 2. The highest BCUT2D eigenvalue weighted by Gasteiger charge is 2.52. The van der Waals surface area contributed by atoms with Crippen molar-refractivity contribution >= 4 is 40.7 Å². The van der Waals surface area contributed by atoms with Gasteiger partial charge in [-0.3, -0.25) is 9.59 Å². The van der Waals surface area contributed by atoms with Crippen molar-refractivity contribution in [3.8, 4) is 0 Å². The first-order valence-corrected chi connectivity index (χ1v) is 9.11. The molecule has 5 nitrogen and oxygen atoms in total. The Morgan fingerprint density at radius 1 is 1.23 bits per heavy atom. The minimum atomic E-state index is -0.855. The van der Waals surface area contributed by atoms with Gasteiger partial charge in [-0.05, 0) is 45.7 Å².